The second kappa shape index (κ2) is 33.9. The molecule has 608 valence electrons. The Morgan fingerprint density at radius 3 is 1.02 bits per heavy atom. The van der Waals surface area contributed by atoms with Gasteiger partial charge in [-0.2, -0.15) is 20.4 Å². The molecule has 0 aliphatic carbocycles. The van der Waals surface area contributed by atoms with Gasteiger partial charge in [0.25, 0.3) is 0 Å². The quantitative estimate of drug-likeness (QED) is 0.0304. The number of benzene rings is 6. The molecule has 6 fully saturated rings. The monoisotopic (exact) mass is 1570 g/mol. The molecule has 2 aromatic heterocycles. The van der Waals surface area contributed by atoms with Gasteiger partial charge < -0.3 is 57.8 Å². The maximum absolute atomic E-state index is 15.8. The minimum Gasteiger partial charge on any atom is -0.488 e. The van der Waals surface area contributed by atoms with Crippen LogP contribution in [0.25, 0.3) is 0 Å². The van der Waals surface area contributed by atoms with E-state index in [1.165, 1.54) is 58.9 Å². The lowest BCUT2D eigenvalue weighted by atomic mass is 9.78. The summed E-state index contributed by atoms with van der Waals surface area (Å²) >= 11 is 0. The second-order valence-electron chi connectivity index (χ2n) is 33.5. The molecule has 8 aromatic rings. The van der Waals surface area contributed by atoms with Crippen LogP contribution in [0.3, 0.4) is 0 Å². The summed E-state index contributed by atoms with van der Waals surface area (Å²) in [6, 6.07) is 38.7. The number of piperazine rings is 2. The number of carbonyl (C=O) groups excluding carboxylic acids is 2. The van der Waals surface area contributed by atoms with Crippen LogP contribution in [-0.4, -0.2) is 178 Å². The fourth-order valence-electron chi connectivity index (χ4n) is 18.5. The predicted molar refractivity (Wildman–Crippen MR) is 429 cm³/mol. The van der Waals surface area contributed by atoms with E-state index in [1.807, 2.05) is 58.3 Å². The smallest absolute Gasteiger partial charge is 0.327 e. The number of rotatable bonds is 30. The summed E-state index contributed by atoms with van der Waals surface area (Å²) in [4.78, 5) is 57.1. The van der Waals surface area contributed by atoms with Gasteiger partial charge >= 0.3 is 12.1 Å². The number of hydrogen-bond acceptors (Lipinski definition) is 18. The molecule has 0 radical (unpaired) electrons. The zero-order valence-electron chi connectivity index (χ0n) is 67.4. The Kier molecular flexibility index (Phi) is 24.0. The average Bonchev–Trinajstić information content (AvgIpc) is 1.49. The van der Waals surface area contributed by atoms with Gasteiger partial charge in [0, 0.05) is 122 Å². The van der Waals surface area contributed by atoms with E-state index in [-0.39, 0.29) is 98.5 Å². The third-order valence-electron chi connectivity index (χ3n) is 22.7. The highest BCUT2D eigenvalue weighted by atomic mass is 19.1. The topological polar surface area (TPSA) is 202 Å². The van der Waals surface area contributed by atoms with Crippen molar-refractivity contribution in [2.45, 2.75) is 181 Å². The summed E-state index contributed by atoms with van der Waals surface area (Å²) in [6.07, 6.45) is 5.28. The number of ether oxygens (including phenoxy) is 6. The maximum Gasteiger partial charge on any atom is 0.327 e. The zero-order valence-corrected chi connectivity index (χ0v) is 67.4. The molecule has 114 heavy (non-hydrogen) atoms. The Hall–Kier alpha value is -9.90. The van der Waals surface area contributed by atoms with Crippen LogP contribution in [0.5, 0.6) is 11.5 Å². The van der Waals surface area contributed by atoms with Crippen LogP contribution in [-0.2, 0) is 43.2 Å². The van der Waals surface area contributed by atoms with Gasteiger partial charge in [0.2, 0.25) is 0 Å². The van der Waals surface area contributed by atoms with Gasteiger partial charge in [-0.15, -0.1) is 0 Å². The Bertz CT molecular complexity index is 4260. The molecule has 6 aromatic carbocycles. The zero-order chi connectivity index (χ0) is 80.4. The Morgan fingerprint density at radius 1 is 0.430 bits per heavy atom. The van der Waals surface area contributed by atoms with E-state index in [9.17, 15) is 8.78 Å². The fraction of sp³-hybridized carbons (Fsp3) is 0.512. The number of hydrogen-bond donors (Lipinski definition) is 0. The van der Waals surface area contributed by atoms with Crippen molar-refractivity contribution in [3.8, 4) is 11.5 Å². The van der Waals surface area contributed by atoms with Crippen LogP contribution in [0.4, 0.5) is 61.3 Å². The number of aromatic nitrogens is 6. The van der Waals surface area contributed by atoms with Crippen molar-refractivity contribution in [3.63, 3.8) is 0 Å². The SMILES string of the molecule is CC(C)CC1(CC(C)C)C(/N=N/C2N(c3ccc(N4CCN(c5ccc(OC[C@H]6OC[C@](Cn7cncn7)(c7ccc(F)cc7F)O6)cc5)CC4)cc3)C(=O)N(C(C)C)C2(CC(C)C)CC(C)C)N(c2ccc(N3CCN(c4ccc(OC[C@H]5OC[C@](Cn6cncn6)(c6ccc(F)cc6F)O5)cc4)CC3)cc2)C(=O)N1C(C)C. The number of carbonyl (C=O) groups is 2. The molecule has 0 bridgehead atoms. The standard InChI is InChI=1S/C86H108F4N16O8/c1-57(2)43-83(44-58(3)4)79(103(81(107)105(83)61(9)10)69-19-15-65(16-20-69)97-33-37-99(38-34-97)67-23-27-71(28-24-67)109-47-77-111-51-85(113-77,49-101-55-91-53-93-101)73-31-13-63(87)41-75(73)89)95-96-80-84(45-59(5)6,46-60(7)8)106(62(11)12)82(108)104(80)70-21-17-66(18-22-70)98-35-39-100(40-36-98)68-25-29-72(30-26-68)110-48-78-112-52-86(114-78,50-102-56-92-54-94-102)74-32-14-64(88)42-76(74)90/h13-32,41-42,53-62,77-80H,33-40,43-52H2,1-12H3/b96-95+/t77-,78-,79?,80?,85+,86+/m0/s1. The van der Waals surface area contributed by atoms with Crippen molar-refractivity contribution in [2.75, 3.05) is 108 Å². The van der Waals surface area contributed by atoms with Crippen molar-refractivity contribution >= 4 is 46.2 Å². The van der Waals surface area contributed by atoms with Gasteiger partial charge in [-0.25, -0.2) is 46.5 Å². The first-order chi connectivity index (χ1) is 54.7. The molecule has 6 aliphatic rings. The van der Waals surface area contributed by atoms with Gasteiger partial charge in [-0.1, -0.05) is 67.5 Å². The van der Waals surface area contributed by atoms with Crippen molar-refractivity contribution in [1.29, 1.82) is 0 Å². The lowest BCUT2D eigenvalue weighted by Gasteiger charge is -2.45. The number of amides is 4. The van der Waals surface area contributed by atoms with E-state index < -0.39 is 70.5 Å². The number of azo groups is 1. The highest BCUT2D eigenvalue weighted by Gasteiger charge is 2.62. The number of anilines is 6. The van der Waals surface area contributed by atoms with E-state index >= 15 is 18.4 Å². The molecule has 4 amide bonds. The first kappa shape index (κ1) is 80.7. The summed E-state index contributed by atoms with van der Waals surface area (Å²) < 4.78 is 98.8. The average molecular weight is 1570 g/mol. The first-order valence-electron chi connectivity index (χ1n) is 40.2. The number of halogens is 4. The lowest BCUT2D eigenvalue weighted by molar-refractivity contribution is -0.117. The van der Waals surface area contributed by atoms with Crippen LogP contribution in [0.2, 0.25) is 0 Å². The summed E-state index contributed by atoms with van der Waals surface area (Å²) in [5.41, 5.74) is 1.78. The maximum atomic E-state index is 15.8. The Morgan fingerprint density at radius 2 is 0.737 bits per heavy atom. The van der Waals surface area contributed by atoms with Gasteiger partial charge in [-0.3, -0.25) is 9.80 Å². The fourth-order valence-corrected chi connectivity index (χ4v) is 18.5. The van der Waals surface area contributed by atoms with E-state index in [0.29, 0.717) is 37.2 Å². The molecule has 0 spiro atoms. The molecule has 14 rings (SSSR count). The van der Waals surface area contributed by atoms with E-state index in [2.05, 4.69) is 181 Å². The predicted octanol–water partition coefficient (Wildman–Crippen LogP) is 15.5. The van der Waals surface area contributed by atoms with Crippen molar-refractivity contribution < 1.29 is 55.6 Å². The molecule has 8 heterocycles. The summed E-state index contributed by atoms with van der Waals surface area (Å²) in [7, 11) is 0. The Labute approximate surface area is 665 Å². The van der Waals surface area contributed by atoms with Gasteiger partial charge in [0.05, 0.1) is 37.4 Å². The van der Waals surface area contributed by atoms with Crippen LogP contribution in [0.1, 0.15) is 120 Å². The summed E-state index contributed by atoms with van der Waals surface area (Å²) in [5.74, 6) is -0.924. The molecule has 6 atom stereocenters. The van der Waals surface area contributed by atoms with Gasteiger partial charge in [-0.05, 0) is 186 Å². The third-order valence-corrected chi connectivity index (χ3v) is 22.7. The lowest BCUT2D eigenvalue weighted by Crippen LogP contribution is -2.56. The van der Waals surface area contributed by atoms with E-state index in [1.54, 1.807) is 0 Å². The molecule has 6 saturated heterocycles. The van der Waals surface area contributed by atoms with Crippen LogP contribution in [0.15, 0.2) is 169 Å². The molecular formula is C86H108F4N16O8. The molecular weight excluding hydrogens is 1460 g/mol. The Balaban J connectivity index is 0.661. The second-order valence-corrected chi connectivity index (χ2v) is 33.5. The van der Waals surface area contributed by atoms with Crippen molar-refractivity contribution in [3.05, 3.63) is 193 Å². The van der Waals surface area contributed by atoms with Gasteiger partial charge in [0.1, 0.15) is 84.5 Å². The van der Waals surface area contributed by atoms with Gasteiger partial charge in [0.15, 0.2) is 24.9 Å². The van der Waals surface area contributed by atoms with Crippen molar-refractivity contribution in [2.24, 2.45) is 33.9 Å². The van der Waals surface area contributed by atoms with Crippen LogP contribution < -0.4 is 38.9 Å². The van der Waals surface area contributed by atoms with Crippen molar-refractivity contribution in [1.82, 2.24) is 39.3 Å². The normalized spacial score (nSPS) is 22.7. The first-order valence-corrected chi connectivity index (χ1v) is 40.2. The van der Waals surface area contributed by atoms with Crippen LogP contribution >= 0.6 is 0 Å². The summed E-state index contributed by atoms with van der Waals surface area (Å²) in [5, 5.41) is 19.7. The highest BCUT2D eigenvalue weighted by molar-refractivity contribution is 5.98. The molecule has 0 N–H and O–H groups in total. The largest absolute Gasteiger partial charge is 0.488 e. The molecule has 2 unspecified atom stereocenters. The highest BCUT2D eigenvalue weighted by Crippen LogP contribution is 2.51. The summed E-state index contributed by atoms with van der Waals surface area (Å²) in [6.45, 7) is 32.4. The van der Waals surface area contributed by atoms with Crippen LogP contribution in [0, 0.1) is 46.9 Å². The minimum atomic E-state index is -1.29. The third kappa shape index (κ3) is 16.8. The molecule has 6 aliphatic heterocycles. The van der Waals surface area contributed by atoms with E-state index in [0.717, 1.165) is 98.6 Å². The number of nitrogens with zero attached hydrogens (tertiary/aromatic N) is 16. The molecule has 28 heteroatoms. The number of urea groups is 2. The van der Waals surface area contributed by atoms with E-state index in [4.69, 9.17) is 38.6 Å². The molecule has 24 nitrogen and oxygen atoms in total. The minimum absolute atomic E-state index is 0.00847. The molecule has 0 saturated carbocycles.